The molecule has 5 rings (SSSR count). The first kappa shape index (κ1) is 45.8. The van der Waals surface area contributed by atoms with Gasteiger partial charge in [-0.2, -0.15) is 0 Å². The number of allylic oxidation sites excluding steroid dienone is 1. The fourth-order valence-electron chi connectivity index (χ4n) is 9.78. The molecular weight excluding hydrogens is 770 g/mol. The van der Waals surface area contributed by atoms with Gasteiger partial charge in [0.1, 0.15) is 29.5 Å². The van der Waals surface area contributed by atoms with E-state index in [1.54, 1.807) is 87.4 Å². The second kappa shape index (κ2) is 16.0. The van der Waals surface area contributed by atoms with E-state index in [0.29, 0.717) is 0 Å². The van der Waals surface area contributed by atoms with Crippen molar-refractivity contribution in [1.82, 2.24) is 5.32 Å². The van der Waals surface area contributed by atoms with E-state index in [1.165, 1.54) is 26.4 Å². The second-order valence-electron chi connectivity index (χ2n) is 19.0. The Morgan fingerprint density at radius 2 is 1.59 bits per heavy atom. The van der Waals surface area contributed by atoms with Crippen molar-refractivity contribution in [2.24, 2.45) is 28.1 Å². The van der Waals surface area contributed by atoms with Gasteiger partial charge in [0, 0.05) is 31.3 Å². The Kier molecular flexibility index (Phi) is 12.4. The molecule has 3 fully saturated rings. The number of benzene rings is 1. The number of nitrogens with one attached hydrogen (secondary N) is 1. The van der Waals surface area contributed by atoms with E-state index in [0.717, 1.165) is 7.11 Å². The lowest BCUT2D eigenvalue weighted by atomic mass is 9.45. The molecule has 2 saturated carbocycles. The highest BCUT2D eigenvalue weighted by atomic mass is 16.8. The monoisotopic (exact) mass is 831 g/mol. The van der Waals surface area contributed by atoms with E-state index < -0.39 is 118 Å². The molecule has 2 bridgehead atoms. The molecular formula is C43H61NO15. The smallest absolute Gasteiger partial charge is 0.493 e. The van der Waals surface area contributed by atoms with E-state index >= 15 is 4.79 Å². The summed E-state index contributed by atoms with van der Waals surface area (Å²) >= 11 is 0. The van der Waals surface area contributed by atoms with Crippen LogP contribution in [0.5, 0.6) is 0 Å². The van der Waals surface area contributed by atoms with Crippen LogP contribution in [0.3, 0.4) is 0 Å². The van der Waals surface area contributed by atoms with Gasteiger partial charge >= 0.3 is 24.2 Å². The number of carbonyl (C=O) groups excluding carboxylic acids is 5. The fourth-order valence-corrected chi connectivity index (χ4v) is 9.78. The van der Waals surface area contributed by atoms with Crippen molar-refractivity contribution >= 4 is 30.0 Å². The zero-order valence-corrected chi connectivity index (χ0v) is 36.3. The third-order valence-electron chi connectivity index (χ3n) is 12.9. The van der Waals surface area contributed by atoms with Crippen LogP contribution in [0, 0.1) is 28.1 Å². The topological polar surface area (TPSA) is 212 Å². The highest BCUT2D eigenvalue weighted by Gasteiger charge is 2.78. The Bertz CT molecular complexity index is 1830. The number of ketones is 1. The van der Waals surface area contributed by atoms with Crippen molar-refractivity contribution in [2.75, 3.05) is 27.9 Å². The molecule has 1 saturated heterocycles. The number of hydrogen-bond acceptors (Lipinski definition) is 15. The molecule has 3 aliphatic carbocycles. The van der Waals surface area contributed by atoms with Gasteiger partial charge < -0.3 is 53.4 Å². The Morgan fingerprint density at radius 3 is 2.10 bits per heavy atom. The van der Waals surface area contributed by atoms with Gasteiger partial charge in [0.2, 0.25) is 5.78 Å². The molecule has 3 N–H and O–H groups in total. The number of aliphatic hydroxyl groups excluding tert-OH is 1. The number of esters is 2. The number of fused-ring (bicyclic) bond motifs is 5. The van der Waals surface area contributed by atoms with Gasteiger partial charge in [0.05, 0.1) is 49.9 Å². The summed E-state index contributed by atoms with van der Waals surface area (Å²) in [6.45, 7) is 16.5. The summed E-state index contributed by atoms with van der Waals surface area (Å²) in [5.74, 6) is -4.99. The van der Waals surface area contributed by atoms with Crippen molar-refractivity contribution in [3.05, 3.63) is 47.2 Å². The van der Waals surface area contributed by atoms with Gasteiger partial charge in [-0.3, -0.25) is 4.79 Å². The number of aliphatic hydroxyl groups is 2. The molecule has 1 aliphatic heterocycles. The van der Waals surface area contributed by atoms with Gasteiger partial charge in [0.25, 0.3) is 0 Å². The molecule has 1 aromatic rings. The van der Waals surface area contributed by atoms with Crippen molar-refractivity contribution in [3.63, 3.8) is 0 Å². The third kappa shape index (κ3) is 7.81. The van der Waals surface area contributed by atoms with E-state index in [9.17, 15) is 29.4 Å². The quantitative estimate of drug-likeness (QED) is 0.228. The summed E-state index contributed by atoms with van der Waals surface area (Å²) in [5, 5.41) is 27.9. The molecule has 1 aromatic carbocycles. The predicted molar refractivity (Wildman–Crippen MR) is 209 cm³/mol. The number of hydrogen-bond donors (Lipinski definition) is 3. The molecule has 1 heterocycles. The Balaban J connectivity index is 1.72. The highest BCUT2D eigenvalue weighted by Crippen LogP contribution is 2.65. The number of methoxy groups -OCH3 is 3. The number of carbonyl (C=O) groups is 5. The lowest BCUT2D eigenvalue weighted by Gasteiger charge is -2.67. The van der Waals surface area contributed by atoms with Crippen molar-refractivity contribution < 1.29 is 72.1 Å². The van der Waals surface area contributed by atoms with Crippen LogP contribution in [0.2, 0.25) is 0 Å². The molecule has 0 spiro atoms. The average Bonchev–Trinajstić information content (AvgIpc) is 3.14. The maximum atomic E-state index is 15.5. The molecule has 0 radical (unpaired) electrons. The zero-order chi connectivity index (χ0) is 44.3. The SMILES string of the molecule is COC(=O)O[C@@]12CO[C@@H]1C[C@H](OC)[C@@]1(C)C(=O)/C(OC)=C3/C(C)[C@@H](OC(=O)[C@H](O)[C@@H](NC(=O)OC(C)(C)C)C(C)(C)C)C[C@@](O)([C@@H](OC(=O)c4ccccc4)[C@H]21)C3(C)C. The molecule has 4 aliphatic rings. The normalized spacial score (nSPS) is 34.8. The Morgan fingerprint density at radius 1 is 0.966 bits per heavy atom. The van der Waals surface area contributed by atoms with E-state index in [-0.39, 0.29) is 29.9 Å². The Hall–Kier alpha value is -4.25. The summed E-state index contributed by atoms with van der Waals surface area (Å²) in [6.07, 6.45) is -9.06. The highest BCUT2D eigenvalue weighted by molar-refractivity contribution is 6.00. The first-order valence-electron chi connectivity index (χ1n) is 19.9. The number of alkyl carbamates (subject to hydrolysis) is 1. The van der Waals surface area contributed by atoms with Crippen LogP contribution in [-0.4, -0.2) is 121 Å². The predicted octanol–water partition coefficient (Wildman–Crippen LogP) is 4.67. The van der Waals surface area contributed by atoms with E-state index in [2.05, 4.69) is 5.32 Å². The van der Waals surface area contributed by atoms with Crippen LogP contribution in [0.4, 0.5) is 9.59 Å². The standard InChI is InChI=1S/C43H61NO15/c1-22-24(56-35(48)28(45)31(38(2,3)4)44-36(49)58-39(5,6)7)20-43(51)33(57-34(47)23-17-15-14-16-18-23)30-41(10,32(46)29(53-12)27(22)40(43,8)9)25(52-11)19-26-42(30,21-55-26)59-37(50)54-13/h14-18,22,24-26,28,30-31,33,45,51H,19-21H2,1-13H3,(H,44,49)/b29-27+/t22?,24-,25-,26+,28+,30-,31+,33-,41+,42-,43+/m0/s1. The minimum absolute atomic E-state index is 0.0691. The van der Waals surface area contributed by atoms with Crippen LogP contribution >= 0.6 is 0 Å². The minimum Gasteiger partial charge on any atom is -0.493 e. The molecule has 328 valence electrons. The number of rotatable bonds is 9. The van der Waals surface area contributed by atoms with Crippen molar-refractivity contribution in [1.29, 1.82) is 0 Å². The fraction of sp³-hybridized carbons (Fsp3) is 0.698. The summed E-state index contributed by atoms with van der Waals surface area (Å²) in [4.78, 5) is 70.0. The van der Waals surface area contributed by atoms with Crippen molar-refractivity contribution in [2.45, 2.75) is 135 Å². The summed E-state index contributed by atoms with van der Waals surface area (Å²) in [6, 6.07) is 6.84. The Labute approximate surface area is 345 Å². The first-order valence-corrected chi connectivity index (χ1v) is 19.9. The summed E-state index contributed by atoms with van der Waals surface area (Å²) < 4.78 is 47.1. The van der Waals surface area contributed by atoms with Crippen LogP contribution in [-0.2, 0) is 47.5 Å². The van der Waals surface area contributed by atoms with Crippen LogP contribution in [0.15, 0.2) is 41.7 Å². The molecule has 16 heteroatoms. The van der Waals surface area contributed by atoms with Crippen LogP contribution in [0.1, 0.15) is 92.4 Å². The van der Waals surface area contributed by atoms with Crippen molar-refractivity contribution in [3.8, 4) is 0 Å². The number of Topliss-reactive ketones (excluding diaryl/α,β-unsaturated/α-hetero) is 1. The van der Waals surface area contributed by atoms with Gasteiger partial charge in [-0.15, -0.1) is 0 Å². The molecule has 16 nitrogen and oxygen atoms in total. The largest absolute Gasteiger partial charge is 0.508 e. The lowest BCUT2D eigenvalue weighted by Crippen LogP contribution is -2.81. The minimum atomic E-state index is -2.24. The summed E-state index contributed by atoms with van der Waals surface area (Å²) in [5.41, 5.74) is -8.57. The number of ether oxygens (including phenoxy) is 8. The van der Waals surface area contributed by atoms with Gasteiger partial charge in [-0.1, -0.05) is 59.7 Å². The maximum absolute atomic E-state index is 15.5. The molecule has 59 heavy (non-hydrogen) atoms. The molecule has 1 amide bonds. The van der Waals surface area contributed by atoms with Gasteiger partial charge in [0.15, 0.2) is 17.5 Å². The second-order valence-corrected chi connectivity index (χ2v) is 19.0. The third-order valence-corrected chi connectivity index (χ3v) is 12.9. The zero-order valence-electron chi connectivity index (χ0n) is 36.3. The lowest BCUT2D eigenvalue weighted by molar-refractivity contribution is -0.345. The molecule has 1 unspecified atom stereocenters. The van der Waals surface area contributed by atoms with Gasteiger partial charge in [-0.25, -0.2) is 19.2 Å². The van der Waals surface area contributed by atoms with Crippen LogP contribution in [0.25, 0.3) is 0 Å². The van der Waals surface area contributed by atoms with Gasteiger partial charge in [-0.05, 0) is 50.8 Å². The van der Waals surface area contributed by atoms with E-state index in [4.69, 9.17) is 37.9 Å². The molecule has 11 atom stereocenters. The van der Waals surface area contributed by atoms with E-state index in [1.807, 2.05) is 0 Å². The summed E-state index contributed by atoms with van der Waals surface area (Å²) in [7, 11) is 3.86. The average molecular weight is 832 g/mol. The molecule has 0 aromatic heterocycles. The maximum Gasteiger partial charge on any atom is 0.508 e. The first-order chi connectivity index (χ1) is 27.2. The number of amides is 1. The van der Waals surface area contributed by atoms with Crippen LogP contribution < -0.4 is 5.32 Å².